The number of ether oxygens (including phenoxy) is 1. The maximum Gasteiger partial charge on any atom is 0.341 e. The van der Waals surface area contributed by atoms with Crippen LogP contribution < -0.4 is 0 Å². The predicted molar refractivity (Wildman–Crippen MR) is 56.5 cm³/mol. The van der Waals surface area contributed by atoms with Crippen molar-refractivity contribution in [3.05, 3.63) is 35.1 Å². The second-order valence-electron chi connectivity index (χ2n) is 3.36. The molecular formula is C11H12ClFO2. The zero-order valence-electron chi connectivity index (χ0n) is 8.59. The number of rotatable bonds is 3. The first-order chi connectivity index (χ1) is 7.06. The first-order valence-corrected chi connectivity index (χ1v) is 5.14. The fourth-order valence-corrected chi connectivity index (χ4v) is 1.40. The topological polar surface area (TPSA) is 26.3 Å². The van der Waals surface area contributed by atoms with Gasteiger partial charge in [-0.1, -0.05) is 12.1 Å². The van der Waals surface area contributed by atoms with Crippen molar-refractivity contribution in [2.24, 2.45) is 0 Å². The molecule has 1 aromatic rings. The van der Waals surface area contributed by atoms with Crippen LogP contribution in [0, 0.1) is 5.82 Å². The van der Waals surface area contributed by atoms with Crippen molar-refractivity contribution in [3.8, 4) is 0 Å². The van der Waals surface area contributed by atoms with E-state index < -0.39 is 11.8 Å². The third-order valence-corrected chi connectivity index (χ3v) is 2.08. The molecule has 0 bridgehead atoms. The summed E-state index contributed by atoms with van der Waals surface area (Å²) < 4.78 is 18.3. The van der Waals surface area contributed by atoms with Gasteiger partial charge in [-0.05, 0) is 25.5 Å². The number of carbonyl (C=O) groups excluding carboxylic acids is 1. The molecule has 1 rings (SSSR count). The number of halogens is 2. The van der Waals surface area contributed by atoms with Gasteiger partial charge in [0.15, 0.2) is 0 Å². The van der Waals surface area contributed by atoms with Crippen LogP contribution in [0.15, 0.2) is 18.2 Å². The number of hydrogen-bond acceptors (Lipinski definition) is 2. The molecule has 15 heavy (non-hydrogen) atoms. The van der Waals surface area contributed by atoms with E-state index in [0.717, 1.165) is 0 Å². The van der Waals surface area contributed by atoms with Gasteiger partial charge in [0, 0.05) is 5.88 Å². The average molecular weight is 231 g/mol. The van der Waals surface area contributed by atoms with Gasteiger partial charge in [-0.15, -0.1) is 11.6 Å². The third kappa shape index (κ3) is 2.93. The molecule has 82 valence electrons. The minimum absolute atomic E-state index is 0.0683. The molecule has 0 saturated carbocycles. The number of benzene rings is 1. The third-order valence-electron chi connectivity index (χ3n) is 1.79. The molecule has 0 N–H and O–H groups in total. The van der Waals surface area contributed by atoms with Gasteiger partial charge in [-0.25, -0.2) is 9.18 Å². The lowest BCUT2D eigenvalue weighted by Crippen LogP contribution is -2.15. The summed E-state index contributed by atoms with van der Waals surface area (Å²) in [5, 5.41) is 0. The van der Waals surface area contributed by atoms with Crippen LogP contribution in [0.1, 0.15) is 29.8 Å². The van der Waals surface area contributed by atoms with Crippen molar-refractivity contribution in [3.63, 3.8) is 0 Å². The molecular weight excluding hydrogens is 219 g/mol. The van der Waals surface area contributed by atoms with E-state index in [1.165, 1.54) is 12.1 Å². The smallest absolute Gasteiger partial charge is 0.341 e. The van der Waals surface area contributed by atoms with Crippen LogP contribution >= 0.6 is 11.6 Å². The zero-order chi connectivity index (χ0) is 11.4. The summed E-state index contributed by atoms with van der Waals surface area (Å²) in [5.41, 5.74) is 0.378. The molecule has 0 aromatic heterocycles. The van der Waals surface area contributed by atoms with Crippen LogP contribution in [0.4, 0.5) is 4.39 Å². The van der Waals surface area contributed by atoms with Crippen LogP contribution in [0.25, 0.3) is 0 Å². The van der Waals surface area contributed by atoms with Gasteiger partial charge in [0.1, 0.15) is 5.82 Å². The first-order valence-electron chi connectivity index (χ1n) is 4.60. The molecule has 1 aromatic carbocycles. The van der Waals surface area contributed by atoms with Crippen molar-refractivity contribution in [1.29, 1.82) is 0 Å². The molecule has 0 heterocycles. The zero-order valence-corrected chi connectivity index (χ0v) is 9.34. The molecule has 0 aliphatic rings. The van der Waals surface area contributed by atoms with Gasteiger partial charge >= 0.3 is 5.97 Å². The Kier molecular flexibility index (Phi) is 4.09. The van der Waals surface area contributed by atoms with Gasteiger partial charge in [0.05, 0.1) is 11.7 Å². The van der Waals surface area contributed by atoms with Crippen LogP contribution in [0.2, 0.25) is 0 Å². The molecule has 4 heteroatoms. The van der Waals surface area contributed by atoms with Crippen molar-refractivity contribution < 1.29 is 13.9 Å². The standard InChI is InChI=1S/C11H12ClFO2/c1-7(2)15-11(14)10-8(6-12)4-3-5-9(10)13/h3-5,7H,6H2,1-2H3. The second kappa shape index (κ2) is 5.12. The highest BCUT2D eigenvalue weighted by Gasteiger charge is 2.18. The summed E-state index contributed by atoms with van der Waals surface area (Å²) in [4.78, 5) is 11.5. The van der Waals surface area contributed by atoms with E-state index in [-0.39, 0.29) is 17.5 Å². The quantitative estimate of drug-likeness (QED) is 0.589. The number of alkyl halides is 1. The Morgan fingerprint density at radius 3 is 2.73 bits per heavy atom. The van der Waals surface area contributed by atoms with Gasteiger partial charge in [-0.3, -0.25) is 0 Å². The van der Waals surface area contributed by atoms with E-state index in [1.807, 2.05) is 0 Å². The Morgan fingerprint density at radius 2 is 2.20 bits per heavy atom. The largest absolute Gasteiger partial charge is 0.459 e. The maximum absolute atomic E-state index is 13.4. The monoisotopic (exact) mass is 230 g/mol. The fraction of sp³-hybridized carbons (Fsp3) is 0.364. The molecule has 0 unspecified atom stereocenters. The average Bonchev–Trinajstić information content (AvgIpc) is 2.15. The van der Waals surface area contributed by atoms with Crippen LogP contribution in [0.3, 0.4) is 0 Å². The Morgan fingerprint density at radius 1 is 1.53 bits per heavy atom. The Hall–Kier alpha value is -1.09. The van der Waals surface area contributed by atoms with E-state index in [9.17, 15) is 9.18 Å². The molecule has 0 spiro atoms. The van der Waals surface area contributed by atoms with E-state index >= 15 is 0 Å². The fourth-order valence-electron chi connectivity index (χ4n) is 1.18. The van der Waals surface area contributed by atoms with E-state index in [2.05, 4.69) is 0 Å². The number of carbonyl (C=O) groups is 1. The van der Waals surface area contributed by atoms with Crippen molar-refractivity contribution in [2.45, 2.75) is 25.8 Å². The van der Waals surface area contributed by atoms with Gasteiger partial charge in [-0.2, -0.15) is 0 Å². The lowest BCUT2D eigenvalue weighted by Gasteiger charge is -2.10. The molecule has 0 fully saturated rings. The lowest BCUT2D eigenvalue weighted by molar-refractivity contribution is 0.0371. The van der Waals surface area contributed by atoms with Crippen molar-refractivity contribution in [2.75, 3.05) is 0 Å². The normalized spacial score (nSPS) is 10.5. The van der Waals surface area contributed by atoms with Gasteiger partial charge < -0.3 is 4.74 Å². The van der Waals surface area contributed by atoms with Crippen LogP contribution in [-0.2, 0) is 10.6 Å². The van der Waals surface area contributed by atoms with Crippen LogP contribution in [-0.4, -0.2) is 12.1 Å². The first kappa shape index (κ1) is 12.0. The summed E-state index contributed by atoms with van der Waals surface area (Å²) in [6.45, 7) is 3.41. The molecule has 0 atom stereocenters. The number of hydrogen-bond donors (Lipinski definition) is 0. The molecule has 2 nitrogen and oxygen atoms in total. The van der Waals surface area contributed by atoms with Gasteiger partial charge in [0.25, 0.3) is 0 Å². The van der Waals surface area contributed by atoms with Crippen LogP contribution in [0.5, 0.6) is 0 Å². The van der Waals surface area contributed by atoms with Crippen molar-refractivity contribution >= 4 is 17.6 Å². The summed E-state index contributed by atoms with van der Waals surface area (Å²) in [7, 11) is 0. The Bertz CT molecular complexity index is 364. The SMILES string of the molecule is CC(C)OC(=O)c1c(F)cccc1CCl. The van der Waals surface area contributed by atoms with Crippen molar-refractivity contribution in [1.82, 2.24) is 0 Å². The molecule has 0 saturated heterocycles. The van der Waals surface area contributed by atoms with Gasteiger partial charge in [0.2, 0.25) is 0 Å². The highest BCUT2D eigenvalue weighted by molar-refractivity contribution is 6.17. The Labute approximate surface area is 93.0 Å². The highest BCUT2D eigenvalue weighted by Crippen LogP contribution is 2.17. The summed E-state index contributed by atoms with van der Waals surface area (Å²) in [5.74, 6) is -1.18. The summed E-state index contributed by atoms with van der Waals surface area (Å²) >= 11 is 5.61. The lowest BCUT2D eigenvalue weighted by atomic mass is 10.1. The van der Waals surface area contributed by atoms with E-state index in [1.54, 1.807) is 19.9 Å². The summed E-state index contributed by atoms with van der Waals surface area (Å²) in [6, 6.07) is 4.33. The minimum atomic E-state index is -0.668. The number of esters is 1. The maximum atomic E-state index is 13.4. The predicted octanol–water partition coefficient (Wildman–Crippen LogP) is 3.13. The summed E-state index contributed by atoms with van der Waals surface area (Å²) in [6.07, 6.45) is -0.278. The molecule has 0 amide bonds. The van der Waals surface area contributed by atoms with E-state index in [4.69, 9.17) is 16.3 Å². The second-order valence-corrected chi connectivity index (χ2v) is 3.63. The molecule has 0 aliphatic heterocycles. The Balaban J connectivity index is 3.06. The highest BCUT2D eigenvalue weighted by atomic mass is 35.5. The molecule has 0 radical (unpaired) electrons. The van der Waals surface area contributed by atoms with E-state index in [0.29, 0.717) is 5.56 Å². The molecule has 0 aliphatic carbocycles. The minimum Gasteiger partial charge on any atom is -0.459 e.